The van der Waals surface area contributed by atoms with Crippen LogP contribution in [0, 0.1) is 0 Å². The van der Waals surface area contributed by atoms with Crippen molar-refractivity contribution in [1.29, 1.82) is 0 Å². The zero-order valence-corrected chi connectivity index (χ0v) is 17.6. The van der Waals surface area contributed by atoms with Gasteiger partial charge in [0.2, 0.25) is 0 Å². The van der Waals surface area contributed by atoms with Crippen molar-refractivity contribution >= 4 is 39.3 Å². The summed E-state index contributed by atoms with van der Waals surface area (Å²) in [6, 6.07) is 7.64. The number of aromatic nitrogens is 1. The molecule has 0 radical (unpaired) electrons. The number of carbonyl (C=O) groups excluding carboxylic acids is 1. The van der Waals surface area contributed by atoms with E-state index in [0.717, 1.165) is 10.6 Å². The summed E-state index contributed by atoms with van der Waals surface area (Å²) in [6.45, 7) is 0.583. The molecule has 2 aromatic rings. The van der Waals surface area contributed by atoms with Crippen LogP contribution in [0.25, 0.3) is 10.6 Å². The van der Waals surface area contributed by atoms with E-state index in [9.17, 15) is 9.90 Å². The minimum atomic E-state index is -2.17. The summed E-state index contributed by atoms with van der Waals surface area (Å²) in [5, 5.41) is 13.9. The molecule has 1 aromatic heterocycles. The van der Waals surface area contributed by atoms with Gasteiger partial charge in [-0.1, -0.05) is 0 Å². The summed E-state index contributed by atoms with van der Waals surface area (Å²) >= 11 is -0.522. The molecule has 1 fully saturated rings. The molecule has 3 rings (SSSR count). The summed E-state index contributed by atoms with van der Waals surface area (Å²) in [5.41, 5.74) is 0.249. The zero-order chi connectivity index (χ0) is 16.8. The number of likely N-dealkylation sites (N-methyl/N-ethyl adjacent to an activating group) is 1. The first-order chi connectivity index (χ1) is 10.7. The van der Waals surface area contributed by atoms with Gasteiger partial charge in [-0.3, -0.25) is 0 Å². The normalized spacial score (nSPS) is 22.0. The van der Waals surface area contributed by atoms with Crippen molar-refractivity contribution in [3.8, 4) is 10.6 Å². The molecule has 1 saturated heterocycles. The molecule has 1 aliphatic rings. The molecule has 122 valence electrons. The topological polar surface area (TPSA) is 53.4 Å². The Kier molecular flexibility index (Phi) is 4.31. The molecule has 0 saturated carbocycles. The van der Waals surface area contributed by atoms with Crippen molar-refractivity contribution in [2.75, 3.05) is 13.6 Å². The minimum absolute atomic E-state index is 0.222. The van der Waals surface area contributed by atoms with E-state index in [0.29, 0.717) is 18.5 Å². The van der Waals surface area contributed by atoms with E-state index >= 15 is 0 Å². The molecule has 4 nitrogen and oxygen atoms in total. The van der Waals surface area contributed by atoms with Gasteiger partial charge in [0.25, 0.3) is 0 Å². The average molecular weight is 437 g/mol. The summed E-state index contributed by atoms with van der Waals surface area (Å²) < 4.78 is 1.26. The fourth-order valence-corrected chi connectivity index (χ4v) is 8.86. The number of carbonyl (C=O) groups is 1. The number of benzene rings is 1. The Morgan fingerprint density at radius 1 is 1.35 bits per heavy atom. The molecule has 1 N–H and O–H groups in total. The monoisotopic (exact) mass is 438 g/mol. The molecule has 0 bridgehead atoms. The van der Waals surface area contributed by atoms with E-state index in [-0.39, 0.29) is 5.91 Å². The van der Waals surface area contributed by atoms with Crippen molar-refractivity contribution in [2.45, 2.75) is 26.8 Å². The second-order valence-corrected chi connectivity index (χ2v) is 22.4. The van der Waals surface area contributed by atoms with E-state index in [4.69, 9.17) is 4.98 Å². The number of thiazole rings is 1. The Balaban J connectivity index is 1.98. The van der Waals surface area contributed by atoms with Crippen LogP contribution in [0.5, 0.6) is 0 Å². The van der Waals surface area contributed by atoms with Gasteiger partial charge >= 0.3 is 145 Å². The van der Waals surface area contributed by atoms with Crippen LogP contribution in [0.3, 0.4) is 0 Å². The second kappa shape index (κ2) is 5.86. The van der Waals surface area contributed by atoms with Crippen LogP contribution in [-0.4, -0.2) is 52.9 Å². The maximum atomic E-state index is 12.3. The first-order valence-corrected chi connectivity index (χ1v) is 18.6. The van der Waals surface area contributed by atoms with Gasteiger partial charge in [-0.15, -0.1) is 0 Å². The van der Waals surface area contributed by atoms with Crippen LogP contribution >= 0.6 is 11.3 Å². The van der Waals surface area contributed by atoms with Gasteiger partial charge < -0.3 is 0 Å². The van der Waals surface area contributed by atoms with Crippen molar-refractivity contribution in [3.63, 3.8) is 0 Å². The quantitative estimate of drug-likeness (QED) is 0.751. The third-order valence-corrected chi connectivity index (χ3v) is 11.0. The van der Waals surface area contributed by atoms with Crippen molar-refractivity contribution in [1.82, 2.24) is 9.88 Å². The van der Waals surface area contributed by atoms with Gasteiger partial charge in [-0.25, -0.2) is 0 Å². The maximum absolute atomic E-state index is 12.3. The molecule has 1 aromatic carbocycles. The Bertz CT molecular complexity index is 753. The predicted molar refractivity (Wildman–Crippen MR) is 96.7 cm³/mol. The van der Waals surface area contributed by atoms with Crippen molar-refractivity contribution in [3.05, 3.63) is 35.2 Å². The molecule has 6 heteroatoms. The fraction of sp³-hybridized carbons (Fsp3) is 0.412. The van der Waals surface area contributed by atoms with Crippen LogP contribution in [0.4, 0.5) is 0 Å². The van der Waals surface area contributed by atoms with E-state index in [2.05, 4.69) is 20.2 Å². The summed E-state index contributed by atoms with van der Waals surface area (Å²) in [6.07, 6.45) is 0.438. The molecule has 23 heavy (non-hydrogen) atoms. The van der Waals surface area contributed by atoms with Crippen LogP contribution in [0.2, 0.25) is 14.8 Å². The molecule has 1 atom stereocenters. The van der Waals surface area contributed by atoms with Crippen LogP contribution in [0.15, 0.2) is 29.6 Å². The van der Waals surface area contributed by atoms with Gasteiger partial charge in [0, 0.05) is 0 Å². The van der Waals surface area contributed by atoms with Gasteiger partial charge in [0.1, 0.15) is 0 Å². The molecule has 2 heterocycles. The molecule has 0 unspecified atom stereocenters. The number of aliphatic hydroxyl groups is 1. The van der Waals surface area contributed by atoms with Gasteiger partial charge in [-0.05, 0) is 0 Å². The number of hydrogen-bond acceptors (Lipinski definition) is 4. The second-order valence-electron chi connectivity index (χ2n) is 7.21. The van der Waals surface area contributed by atoms with Gasteiger partial charge in [0.15, 0.2) is 0 Å². The predicted octanol–water partition coefficient (Wildman–Crippen LogP) is 2.41. The summed E-state index contributed by atoms with van der Waals surface area (Å²) in [5.74, 6) is -0.222. The molecular weight excluding hydrogens is 415 g/mol. The first-order valence-electron chi connectivity index (χ1n) is 7.77. The van der Waals surface area contributed by atoms with Crippen LogP contribution < -0.4 is 3.71 Å². The Hall–Kier alpha value is -0.921. The zero-order valence-electron chi connectivity index (χ0n) is 14.0. The van der Waals surface area contributed by atoms with E-state index in [1.165, 1.54) is 3.71 Å². The molecule has 0 spiro atoms. The Morgan fingerprint density at radius 2 is 2.09 bits per heavy atom. The number of likely N-dealkylation sites (tertiary alicyclic amines) is 1. The first kappa shape index (κ1) is 16.9. The average Bonchev–Trinajstić information content (AvgIpc) is 3.10. The Morgan fingerprint density at radius 3 is 2.65 bits per heavy atom. The van der Waals surface area contributed by atoms with Crippen LogP contribution in [0.1, 0.15) is 12.0 Å². The molecule has 1 amide bonds. The number of nitrogens with zero attached hydrogens (tertiary/aromatic N) is 2. The third kappa shape index (κ3) is 3.06. The summed E-state index contributed by atoms with van der Waals surface area (Å²) in [7, 11) is 1.73. The van der Waals surface area contributed by atoms with Gasteiger partial charge in [0.05, 0.1) is 0 Å². The van der Waals surface area contributed by atoms with Crippen LogP contribution in [-0.2, 0) is 10.4 Å². The number of hydrogen-bond donors (Lipinski definition) is 1. The SMILES string of the molecule is CN1CC[C@@](O)(c2cccc(-c3n[c]([Sn]([CH3])([CH3])[CH3])cs3)c2)C1=O. The van der Waals surface area contributed by atoms with E-state index < -0.39 is 24.0 Å². The van der Waals surface area contributed by atoms with E-state index in [1.54, 1.807) is 23.3 Å². The van der Waals surface area contributed by atoms with Crippen molar-refractivity contribution < 1.29 is 9.90 Å². The summed E-state index contributed by atoms with van der Waals surface area (Å²) in [4.78, 5) is 25.7. The molecular formula is C17H22N2O2SSn. The number of amides is 1. The number of rotatable bonds is 3. The third-order valence-electron chi connectivity index (χ3n) is 4.37. The fourth-order valence-electron chi connectivity index (χ4n) is 2.78. The standard InChI is InChI=1S/C14H13N2O2S.3CH3.Sn/c1-16-7-5-14(18,13(16)17)11-4-2-3-10(9-11)12-15-6-8-19-12;;;;/h2-4,8-9,18H,5,7H2,1H3;3*1H3;/t14-;;;;/m1..../s1. The van der Waals surface area contributed by atoms with Crippen molar-refractivity contribution in [2.24, 2.45) is 0 Å². The molecule has 1 aliphatic heterocycles. The Labute approximate surface area is 145 Å². The molecule has 0 aliphatic carbocycles. The van der Waals surface area contributed by atoms with E-state index in [1.807, 2.05) is 24.3 Å². The van der Waals surface area contributed by atoms with Gasteiger partial charge in [-0.2, -0.15) is 0 Å².